The zero-order valence-corrected chi connectivity index (χ0v) is 10.7. The van der Waals surface area contributed by atoms with E-state index in [0.29, 0.717) is 12.1 Å². The molecule has 0 bridgehead atoms. The van der Waals surface area contributed by atoms with E-state index in [9.17, 15) is 9.90 Å². The second kappa shape index (κ2) is 4.18. The molecule has 0 aromatic heterocycles. The Balaban J connectivity index is 2.23. The Bertz CT molecular complexity index is 417. The van der Waals surface area contributed by atoms with Gasteiger partial charge in [-0.3, -0.25) is 4.79 Å². The third-order valence-corrected chi connectivity index (χ3v) is 3.61. The minimum atomic E-state index is -0.601. The highest BCUT2D eigenvalue weighted by Gasteiger charge is 2.31. The van der Waals surface area contributed by atoms with Gasteiger partial charge in [0.25, 0.3) is 0 Å². The predicted molar refractivity (Wildman–Crippen MR) is 67.0 cm³/mol. The van der Waals surface area contributed by atoms with Crippen LogP contribution in [0.2, 0.25) is 0 Å². The zero-order valence-electron chi connectivity index (χ0n) is 9.11. The van der Waals surface area contributed by atoms with E-state index in [2.05, 4.69) is 20.8 Å². The molecule has 0 radical (unpaired) electrons. The summed E-state index contributed by atoms with van der Waals surface area (Å²) in [5, 5.41) is 9.89. The number of hydrogen-bond donors (Lipinski definition) is 1. The van der Waals surface area contributed by atoms with Crippen molar-refractivity contribution in [2.24, 2.45) is 0 Å². The summed E-state index contributed by atoms with van der Waals surface area (Å²) in [6.07, 6.45) is 1.61. The van der Waals surface area contributed by atoms with Crippen LogP contribution in [0.3, 0.4) is 0 Å². The molecule has 0 spiro atoms. The number of hydrogen-bond acceptors (Lipinski definition) is 3. The van der Waals surface area contributed by atoms with Crippen LogP contribution >= 0.6 is 15.9 Å². The maximum atomic E-state index is 10.7. The molecule has 0 aliphatic carbocycles. The van der Waals surface area contributed by atoms with Crippen LogP contribution in [-0.4, -0.2) is 30.1 Å². The number of nitrogens with zero attached hydrogens (tertiary/aromatic N) is 1. The standard InChI is InChI=1S/C12H14BrNO2/c1-12(16)4-5-14(8-12)10-3-2-9(7-15)11(13)6-10/h2-3,6-7,16H,4-5,8H2,1H3. The summed E-state index contributed by atoms with van der Waals surface area (Å²) in [5.74, 6) is 0. The number of carbonyl (C=O) groups is 1. The third kappa shape index (κ3) is 2.28. The number of anilines is 1. The Morgan fingerprint density at radius 1 is 1.56 bits per heavy atom. The predicted octanol–water partition coefficient (Wildman–Crippen LogP) is 2.22. The molecule has 16 heavy (non-hydrogen) atoms. The number of aldehydes is 1. The lowest BCUT2D eigenvalue weighted by atomic mass is 10.1. The molecular weight excluding hydrogens is 270 g/mol. The largest absolute Gasteiger partial charge is 0.388 e. The summed E-state index contributed by atoms with van der Waals surface area (Å²) in [5.41, 5.74) is 1.08. The van der Waals surface area contributed by atoms with Crippen molar-refractivity contribution in [3.8, 4) is 0 Å². The molecule has 0 amide bonds. The van der Waals surface area contributed by atoms with E-state index < -0.39 is 5.60 Å². The van der Waals surface area contributed by atoms with Gasteiger partial charge in [0.1, 0.15) is 0 Å². The van der Waals surface area contributed by atoms with Crippen molar-refractivity contribution in [2.45, 2.75) is 18.9 Å². The average molecular weight is 284 g/mol. The summed E-state index contributed by atoms with van der Waals surface area (Å²) in [7, 11) is 0. The summed E-state index contributed by atoms with van der Waals surface area (Å²) in [6.45, 7) is 3.33. The molecule has 2 rings (SSSR count). The molecule has 1 atom stereocenters. The Kier molecular flexibility index (Phi) is 3.04. The second-order valence-electron chi connectivity index (χ2n) is 4.49. The van der Waals surface area contributed by atoms with Gasteiger partial charge in [-0.1, -0.05) is 0 Å². The molecule has 0 saturated carbocycles. The maximum absolute atomic E-state index is 10.7. The van der Waals surface area contributed by atoms with E-state index in [0.717, 1.165) is 29.4 Å². The van der Waals surface area contributed by atoms with Crippen molar-refractivity contribution < 1.29 is 9.90 Å². The van der Waals surface area contributed by atoms with Gasteiger partial charge in [0.2, 0.25) is 0 Å². The first-order valence-corrected chi connectivity index (χ1v) is 6.03. The minimum absolute atomic E-state index is 0.601. The van der Waals surface area contributed by atoms with Gasteiger partial charge >= 0.3 is 0 Å². The average Bonchev–Trinajstić information content (AvgIpc) is 2.59. The van der Waals surface area contributed by atoms with Gasteiger partial charge in [-0.25, -0.2) is 0 Å². The number of benzene rings is 1. The summed E-state index contributed by atoms with van der Waals surface area (Å²) < 4.78 is 0.798. The number of halogens is 1. The van der Waals surface area contributed by atoms with Crippen LogP contribution in [0.25, 0.3) is 0 Å². The second-order valence-corrected chi connectivity index (χ2v) is 5.35. The van der Waals surface area contributed by atoms with Crippen LogP contribution in [0, 0.1) is 0 Å². The molecule has 1 N–H and O–H groups in total. The van der Waals surface area contributed by atoms with Crippen molar-refractivity contribution in [3.63, 3.8) is 0 Å². The maximum Gasteiger partial charge on any atom is 0.151 e. The fourth-order valence-electron chi connectivity index (χ4n) is 1.97. The van der Waals surface area contributed by atoms with Crippen molar-refractivity contribution in [1.29, 1.82) is 0 Å². The van der Waals surface area contributed by atoms with Crippen LogP contribution < -0.4 is 4.90 Å². The molecule has 1 fully saturated rings. The SMILES string of the molecule is CC1(O)CCN(c2ccc(C=O)c(Br)c2)C1. The van der Waals surface area contributed by atoms with Gasteiger partial charge in [-0.2, -0.15) is 0 Å². The van der Waals surface area contributed by atoms with E-state index in [1.165, 1.54) is 0 Å². The first kappa shape index (κ1) is 11.6. The normalized spacial score (nSPS) is 24.8. The molecule has 1 aromatic rings. The van der Waals surface area contributed by atoms with Crippen molar-refractivity contribution in [2.75, 3.05) is 18.0 Å². The molecule has 4 heteroatoms. The zero-order chi connectivity index (χ0) is 11.8. The topological polar surface area (TPSA) is 40.5 Å². The van der Waals surface area contributed by atoms with E-state index >= 15 is 0 Å². The third-order valence-electron chi connectivity index (χ3n) is 2.93. The Labute approximate surface area is 103 Å². The number of aliphatic hydroxyl groups is 1. The number of carbonyl (C=O) groups excluding carboxylic acids is 1. The van der Waals surface area contributed by atoms with Crippen LogP contribution in [0.4, 0.5) is 5.69 Å². The van der Waals surface area contributed by atoms with Gasteiger partial charge in [0, 0.05) is 28.8 Å². The number of β-amino-alcohol motifs (C(OH)–C–C–N with tert-alkyl or cyclic N) is 1. The first-order valence-electron chi connectivity index (χ1n) is 5.24. The molecule has 3 nitrogen and oxygen atoms in total. The molecule has 1 aliphatic heterocycles. The highest BCUT2D eigenvalue weighted by Crippen LogP contribution is 2.29. The smallest absolute Gasteiger partial charge is 0.151 e. The molecule has 1 aliphatic rings. The Hall–Kier alpha value is -0.870. The Morgan fingerprint density at radius 3 is 2.81 bits per heavy atom. The Morgan fingerprint density at radius 2 is 2.31 bits per heavy atom. The van der Waals surface area contributed by atoms with Gasteiger partial charge in [-0.15, -0.1) is 0 Å². The molecule has 1 unspecified atom stereocenters. The lowest BCUT2D eigenvalue weighted by Gasteiger charge is -2.21. The fourth-order valence-corrected chi connectivity index (χ4v) is 2.43. The minimum Gasteiger partial charge on any atom is -0.388 e. The van der Waals surface area contributed by atoms with Crippen molar-refractivity contribution in [1.82, 2.24) is 0 Å². The monoisotopic (exact) mass is 283 g/mol. The molecule has 1 aromatic carbocycles. The van der Waals surface area contributed by atoms with Gasteiger partial charge < -0.3 is 10.0 Å². The highest BCUT2D eigenvalue weighted by molar-refractivity contribution is 9.10. The summed E-state index contributed by atoms with van der Waals surface area (Å²) in [6, 6.07) is 5.63. The summed E-state index contributed by atoms with van der Waals surface area (Å²) >= 11 is 3.36. The fraction of sp³-hybridized carbons (Fsp3) is 0.417. The number of rotatable bonds is 2. The van der Waals surface area contributed by atoms with E-state index in [4.69, 9.17) is 0 Å². The van der Waals surface area contributed by atoms with E-state index in [1.54, 1.807) is 6.07 Å². The molecule has 1 saturated heterocycles. The van der Waals surface area contributed by atoms with Crippen LogP contribution in [0.1, 0.15) is 23.7 Å². The van der Waals surface area contributed by atoms with Gasteiger partial charge in [-0.05, 0) is 47.5 Å². The van der Waals surface area contributed by atoms with Crippen LogP contribution in [-0.2, 0) is 0 Å². The summed E-state index contributed by atoms with van der Waals surface area (Å²) in [4.78, 5) is 12.8. The van der Waals surface area contributed by atoms with Crippen LogP contribution in [0.15, 0.2) is 22.7 Å². The molecule has 86 valence electrons. The van der Waals surface area contributed by atoms with Crippen molar-refractivity contribution >= 4 is 27.9 Å². The first-order chi connectivity index (χ1) is 7.52. The van der Waals surface area contributed by atoms with Crippen molar-refractivity contribution in [3.05, 3.63) is 28.2 Å². The quantitative estimate of drug-likeness (QED) is 0.847. The molecular formula is C12H14BrNO2. The van der Waals surface area contributed by atoms with Crippen LogP contribution in [0.5, 0.6) is 0 Å². The molecule has 1 heterocycles. The van der Waals surface area contributed by atoms with E-state index in [1.807, 2.05) is 19.1 Å². The lowest BCUT2D eigenvalue weighted by molar-refractivity contribution is 0.0839. The highest BCUT2D eigenvalue weighted by atomic mass is 79.9. The lowest BCUT2D eigenvalue weighted by Crippen LogP contribution is -2.29. The van der Waals surface area contributed by atoms with Gasteiger partial charge in [0.05, 0.1) is 5.60 Å². The van der Waals surface area contributed by atoms with Gasteiger partial charge in [0.15, 0.2) is 6.29 Å². The van der Waals surface area contributed by atoms with E-state index in [-0.39, 0.29) is 0 Å².